The molecule has 0 saturated heterocycles. The Kier molecular flexibility index (Phi) is 5.29. The van der Waals surface area contributed by atoms with Gasteiger partial charge in [0, 0.05) is 43.6 Å². The Morgan fingerprint density at radius 1 is 0.414 bits per heavy atom. The van der Waals surface area contributed by atoms with Gasteiger partial charge in [-0.25, -0.2) is 15.0 Å². The molecule has 12 aromatic rings. The second kappa shape index (κ2) is 12.8. The molecular weight excluding hydrogens is 709 g/mol. The topological polar surface area (TPSA) is 56.7 Å². The van der Waals surface area contributed by atoms with Gasteiger partial charge in [-0.05, 0) is 69.8 Å². The highest BCUT2D eigenvalue weighted by molar-refractivity contribution is 6.16. The van der Waals surface area contributed by atoms with Crippen LogP contribution >= 0.6 is 0 Å². The van der Waals surface area contributed by atoms with Gasteiger partial charge >= 0.3 is 0 Å². The largest absolute Gasteiger partial charge is 0.456 e. The molecule has 5 nitrogen and oxygen atoms in total. The van der Waals surface area contributed by atoms with Gasteiger partial charge < -0.3 is 8.98 Å². The van der Waals surface area contributed by atoms with Gasteiger partial charge in [0.15, 0.2) is 17.5 Å². The Balaban J connectivity index is 1.04. The van der Waals surface area contributed by atoms with Crippen LogP contribution in [0, 0.1) is 0 Å². The first-order chi connectivity index (χ1) is 32.9. The molecule has 0 N–H and O–H groups in total. The van der Waals surface area contributed by atoms with Crippen molar-refractivity contribution in [3.63, 3.8) is 0 Å². The predicted octanol–water partition coefficient (Wildman–Crippen LogP) is 13.8. The normalized spacial score (nSPS) is 14.2. The van der Waals surface area contributed by atoms with Crippen molar-refractivity contribution < 1.29 is 18.1 Å². The molecule has 12 rings (SSSR count). The summed E-state index contributed by atoms with van der Waals surface area (Å²) in [6.45, 7) is 0. The molecule has 3 aromatic heterocycles. The van der Waals surface area contributed by atoms with E-state index in [9.17, 15) is 0 Å². The zero-order chi connectivity index (χ0) is 46.9. The third-order valence-electron chi connectivity index (χ3n) is 10.8. The number of hydrogen-bond acceptors (Lipinski definition) is 4. The van der Waals surface area contributed by atoms with E-state index in [1.165, 1.54) is 16.2 Å². The number of aromatic nitrogens is 4. The van der Waals surface area contributed by atoms with Gasteiger partial charge in [-0.15, -0.1) is 0 Å². The van der Waals surface area contributed by atoms with Crippen molar-refractivity contribution >= 4 is 65.3 Å². The van der Waals surface area contributed by atoms with E-state index in [0.717, 1.165) is 44.0 Å². The zero-order valence-corrected chi connectivity index (χ0v) is 30.4. The number of rotatable bonds is 5. The molecule has 0 saturated carbocycles. The van der Waals surface area contributed by atoms with Crippen molar-refractivity contribution in [1.29, 1.82) is 0 Å². The summed E-state index contributed by atoms with van der Waals surface area (Å²) >= 11 is 0. The minimum Gasteiger partial charge on any atom is -0.456 e. The number of furan rings is 1. The maximum atomic E-state index is 8.75. The minimum absolute atomic E-state index is 0.0411. The van der Waals surface area contributed by atoms with Crippen LogP contribution in [0.1, 0.15) is 13.7 Å². The van der Waals surface area contributed by atoms with Crippen molar-refractivity contribution in [3.8, 4) is 51.0 Å². The number of nitrogens with zero attached hydrogens (tertiary/aromatic N) is 4. The number of para-hydroxylation sites is 1. The van der Waals surface area contributed by atoms with Crippen molar-refractivity contribution in [3.05, 3.63) is 194 Å². The molecule has 0 bridgehead atoms. The molecule has 58 heavy (non-hydrogen) atoms. The molecule has 0 unspecified atom stereocenters. The molecule has 3 heterocycles. The fraction of sp³-hybridized carbons (Fsp3) is 0. The van der Waals surface area contributed by atoms with Crippen molar-refractivity contribution in [1.82, 2.24) is 19.5 Å². The average molecular weight is 751 g/mol. The molecule has 0 aliphatic carbocycles. The van der Waals surface area contributed by atoms with Crippen LogP contribution in [0.5, 0.6) is 0 Å². The van der Waals surface area contributed by atoms with Crippen molar-refractivity contribution in [2.45, 2.75) is 0 Å². The first-order valence-electron chi connectivity index (χ1n) is 23.7. The molecule has 0 fully saturated rings. The number of benzene rings is 9. The molecule has 0 spiro atoms. The monoisotopic (exact) mass is 750 g/mol. The van der Waals surface area contributed by atoms with E-state index < -0.39 is 60.4 Å². The lowest BCUT2D eigenvalue weighted by Crippen LogP contribution is -2.00. The maximum absolute atomic E-state index is 8.75. The zero-order valence-electron chi connectivity index (χ0n) is 40.4. The summed E-state index contributed by atoms with van der Waals surface area (Å²) < 4.78 is 93.8. The van der Waals surface area contributed by atoms with E-state index >= 15 is 0 Å². The Morgan fingerprint density at radius 3 is 1.83 bits per heavy atom. The average Bonchev–Trinajstić information content (AvgIpc) is 3.90. The van der Waals surface area contributed by atoms with Crippen molar-refractivity contribution in [2.24, 2.45) is 0 Å². The van der Waals surface area contributed by atoms with Crippen LogP contribution < -0.4 is 0 Å². The standard InChI is InChI=1S/C53H32N4O/c1-3-14-33(15-4-1)51-54-52(34-16-5-2-6-17-34)56-53(55-51)43-23-13-25-48-50(43)42-27-26-37(32-49(42)58-48)38-28-29-46(40-21-10-9-20-39(38)40)57-45-24-12-11-22-41(45)44-30-35-18-7-8-19-36(35)31-47(44)57/h1-32H/i1D,2D,3D,4D,5D,6D,14D,15D,16D,17D. The quantitative estimate of drug-likeness (QED) is 0.176. The van der Waals surface area contributed by atoms with Gasteiger partial charge in [0.2, 0.25) is 0 Å². The molecule has 0 amide bonds. The number of hydrogen-bond donors (Lipinski definition) is 0. The van der Waals surface area contributed by atoms with E-state index in [1.54, 1.807) is 18.2 Å². The summed E-state index contributed by atoms with van der Waals surface area (Å²) in [4.78, 5) is 13.8. The van der Waals surface area contributed by atoms with Crippen LogP contribution in [0.25, 0.3) is 116 Å². The summed E-state index contributed by atoms with van der Waals surface area (Å²) in [6.07, 6.45) is 0. The van der Waals surface area contributed by atoms with E-state index in [1.807, 2.05) is 24.3 Å². The highest BCUT2D eigenvalue weighted by Gasteiger charge is 2.20. The van der Waals surface area contributed by atoms with E-state index in [2.05, 4.69) is 111 Å². The number of fused-ring (bicyclic) bond motifs is 8. The Morgan fingerprint density at radius 2 is 1.07 bits per heavy atom. The summed E-state index contributed by atoms with van der Waals surface area (Å²) in [7, 11) is 0. The van der Waals surface area contributed by atoms with Crippen LogP contribution in [0.15, 0.2) is 198 Å². The smallest absolute Gasteiger partial charge is 0.164 e. The lowest BCUT2D eigenvalue weighted by atomic mass is 9.95. The summed E-state index contributed by atoms with van der Waals surface area (Å²) in [5, 5.41) is 8.09. The van der Waals surface area contributed by atoms with Crippen LogP contribution in [0.3, 0.4) is 0 Å². The fourth-order valence-corrected chi connectivity index (χ4v) is 8.27. The Bertz CT molecular complexity index is 4040. The van der Waals surface area contributed by atoms with E-state index in [4.69, 9.17) is 18.1 Å². The van der Waals surface area contributed by atoms with Gasteiger partial charge in [-0.2, -0.15) is 0 Å². The van der Waals surface area contributed by atoms with E-state index in [-0.39, 0.29) is 28.6 Å². The fourth-order valence-electron chi connectivity index (χ4n) is 8.27. The molecule has 9 aromatic carbocycles. The summed E-state index contributed by atoms with van der Waals surface area (Å²) in [5.41, 5.74) is 5.91. The SMILES string of the molecule is [2H]c1c([2H])c([2H])c(-c2nc(-c3c([2H])c([2H])c([2H])c([2H])c3[2H])nc(-c3cccc4oc5cc(-c6ccc(-n7c8ccccc8c8cc9ccccc9cc87)c7ccccc67)ccc5c34)n2)c([2H])c1[2H]. The molecule has 0 atom stereocenters. The summed E-state index contributed by atoms with van der Waals surface area (Å²) in [6, 6.07) is 39.3. The second-order valence-corrected chi connectivity index (χ2v) is 14.0. The highest BCUT2D eigenvalue weighted by Crippen LogP contribution is 2.42. The first kappa shape index (κ1) is 23.9. The lowest BCUT2D eigenvalue weighted by molar-refractivity contribution is 0.669. The summed E-state index contributed by atoms with van der Waals surface area (Å²) in [5.74, 6) is -0.725. The second-order valence-electron chi connectivity index (χ2n) is 14.0. The molecule has 0 radical (unpaired) electrons. The van der Waals surface area contributed by atoms with Gasteiger partial charge in [0.05, 0.1) is 30.4 Å². The molecular formula is C53H32N4O. The van der Waals surface area contributed by atoms with Crippen LogP contribution in [-0.2, 0) is 0 Å². The molecule has 0 aliphatic rings. The Hall–Kier alpha value is -7.89. The van der Waals surface area contributed by atoms with Crippen LogP contribution in [0.4, 0.5) is 0 Å². The molecule has 270 valence electrons. The van der Waals surface area contributed by atoms with Crippen LogP contribution in [0.2, 0.25) is 0 Å². The highest BCUT2D eigenvalue weighted by atomic mass is 16.3. The third-order valence-corrected chi connectivity index (χ3v) is 10.8. The van der Waals surface area contributed by atoms with Gasteiger partial charge in [0.25, 0.3) is 0 Å². The molecule has 5 heteroatoms. The maximum Gasteiger partial charge on any atom is 0.164 e. The molecule has 0 aliphatic heterocycles. The van der Waals surface area contributed by atoms with Gasteiger partial charge in [-0.1, -0.05) is 151 Å². The van der Waals surface area contributed by atoms with Gasteiger partial charge in [0.1, 0.15) is 11.2 Å². The van der Waals surface area contributed by atoms with E-state index in [0.29, 0.717) is 27.5 Å². The predicted molar refractivity (Wildman–Crippen MR) is 238 cm³/mol. The van der Waals surface area contributed by atoms with Crippen molar-refractivity contribution in [2.75, 3.05) is 0 Å². The first-order valence-corrected chi connectivity index (χ1v) is 18.7. The van der Waals surface area contributed by atoms with Gasteiger partial charge in [-0.3, -0.25) is 0 Å². The Labute approximate surface area is 347 Å². The third kappa shape index (κ3) is 5.07. The van der Waals surface area contributed by atoms with Crippen LogP contribution in [-0.4, -0.2) is 19.5 Å². The minimum atomic E-state index is -0.617. The lowest BCUT2D eigenvalue weighted by Gasteiger charge is -2.15.